The van der Waals surface area contributed by atoms with Crippen LogP contribution in [0.15, 0.2) is 30.5 Å². The maximum Gasteiger partial charge on any atom is 0.138 e. The highest BCUT2D eigenvalue weighted by molar-refractivity contribution is 5.27. The molecular formula is C17H23N3O. The minimum absolute atomic E-state index is 0.258. The molecule has 0 bridgehead atoms. The summed E-state index contributed by atoms with van der Waals surface area (Å²) in [5.74, 6) is 0.258. The molecule has 2 rings (SSSR count). The molecule has 21 heavy (non-hydrogen) atoms. The van der Waals surface area contributed by atoms with Crippen LogP contribution in [0.1, 0.15) is 29.6 Å². The molecule has 0 aliphatic rings. The van der Waals surface area contributed by atoms with Crippen LogP contribution in [0.4, 0.5) is 0 Å². The maximum atomic E-state index is 9.89. The Morgan fingerprint density at radius 1 is 1.24 bits per heavy atom. The molecule has 112 valence electrons. The van der Waals surface area contributed by atoms with E-state index in [0.717, 1.165) is 23.5 Å². The van der Waals surface area contributed by atoms with Gasteiger partial charge in [-0.3, -0.25) is 14.9 Å². The molecule has 0 saturated heterocycles. The van der Waals surface area contributed by atoms with Gasteiger partial charge in [0.05, 0.1) is 5.69 Å². The lowest BCUT2D eigenvalue weighted by Gasteiger charge is -2.24. The quantitative estimate of drug-likeness (QED) is 0.917. The lowest BCUT2D eigenvalue weighted by Crippen LogP contribution is -2.31. The third-order valence-electron chi connectivity index (χ3n) is 3.72. The summed E-state index contributed by atoms with van der Waals surface area (Å²) in [5, 5.41) is 9.89. The van der Waals surface area contributed by atoms with Gasteiger partial charge < -0.3 is 5.11 Å². The summed E-state index contributed by atoms with van der Waals surface area (Å²) in [5.41, 5.74) is 3.97. The van der Waals surface area contributed by atoms with E-state index in [1.54, 1.807) is 6.07 Å². The zero-order valence-electron chi connectivity index (χ0n) is 13.2. The van der Waals surface area contributed by atoms with Gasteiger partial charge in [0.15, 0.2) is 0 Å². The van der Waals surface area contributed by atoms with Gasteiger partial charge in [0.1, 0.15) is 5.75 Å². The number of hydrogen-bond donors (Lipinski definition) is 1. The smallest absolute Gasteiger partial charge is 0.138 e. The fourth-order valence-corrected chi connectivity index (χ4v) is 2.28. The van der Waals surface area contributed by atoms with E-state index >= 15 is 0 Å². The van der Waals surface area contributed by atoms with E-state index in [1.165, 1.54) is 5.56 Å². The van der Waals surface area contributed by atoms with Gasteiger partial charge in [-0.2, -0.15) is 0 Å². The first-order valence-corrected chi connectivity index (χ1v) is 7.23. The predicted octanol–water partition coefficient (Wildman–Crippen LogP) is 2.86. The Morgan fingerprint density at radius 3 is 2.71 bits per heavy atom. The van der Waals surface area contributed by atoms with Crippen molar-refractivity contribution in [1.29, 1.82) is 0 Å². The summed E-state index contributed by atoms with van der Waals surface area (Å²) in [7, 11) is 2.05. The molecule has 2 aromatic heterocycles. The fourth-order valence-electron chi connectivity index (χ4n) is 2.28. The lowest BCUT2D eigenvalue weighted by atomic mass is 10.1. The second-order valence-electron chi connectivity index (χ2n) is 5.71. The number of aromatic nitrogens is 2. The number of likely N-dealkylation sites (N-methyl/N-ethyl adjacent to an activating group) is 1. The molecule has 0 saturated carbocycles. The van der Waals surface area contributed by atoms with Crippen molar-refractivity contribution in [3.8, 4) is 5.75 Å². The monoisotopic (exact) mass is 285 g/mol. The molecule has 0 unspecified atom stereocenters. The Labute approximate surface area is 126 Å². The molecule has 1 N–H and O–H groups in total. The van der Waals surface area contributed by atoms with Crippen LogP contribution in [0.3, 0.4) is 0 Å². The third kappa shape index (κ3) is 4.26. The summed E-state index contributed by atoms with van der Waals surface area (Å²) in [6, 6.07) is 7.97. The van der Waals surface area contributed by atoms with Crippen molar-refractivity contribution in [3.63, 3.8) is 0 Å². The highest BCUT2D eigenvalue weighted by Gasteiger charge is 2.14. The van der Waals surface area contributed by atoms with Crippen molar-refractivity contribution in [2.75, 3.05) is 7.05 Å². The molecule has 2 aromatic rings. The minimum Gasteiger partial charge on any atom is -0.506 e. The maximum absolute atomic E-state index is 9.89. The SMILES string of the molecule is Cc1ccnc(C[C@@H](C)N(C)Cc2nc(C)ccc2O)c1. The van der Waals surface area contributed by atoms with E-state index in [9.17, 15) is 5.11 Å². The van der Waals surface area contributed by atoms with Gasteiger partial charge in [0.2, 0.25) is 0 Å². The van der Waals surface area contributed by atoms with E-state index < -0.39 is 0 Å². The van der Waals surface area contributed by atoms with E-state index in [1.807, 2.05) is 32.3 Å². The molecule has 1 atom stereocenters. The standard InChI is InChI=1S/C17H23N3O/c1-12-7-8-18-15(9-12)10-14(3)20(4)11-16-17(21)6-5-13(2)19-16/h5-9,14,21H,10-11H2,1-4H3/t14-/m1/s1. The Kier molecular flexibility index (Phi) is 4.91. The number of pyridine rings is 2. The van der Waals surface area contributed by atoms with Crippen molar-refractivity contribution in [2.24, 2.45) is 0 Å². The van der Waals surface area contributed by atoms with Crippen LogP contribution in [0.5, 0.6) is 5.75 Å². The van der Waals surface area contributed by atoms with Gasteiger partial charge in [-0.15, -0.1) is 0 Å². The second kappa shape index (κ2) is 6.68. The Bertz CT molecular complexity index is 613. The van der Waals surface area contributed by atoms with Crippen molar-refractivity contribution in [1.82, 2.24) is 14.9 Å². The number of rotatable bonds is 5. The van der Waals surface area contributed by atoms with E-state index in [2.05, 4.69) is 34.8 Å². The molecular weight excluding hydrogens is 262 g/mol. The number of aromatic hydroxyl groups is 1. The van der Waals surface area contributed by atoms with Crippen LogP contribution in [0.25, 0.3) is 0 Å². The molecule has 0 aromatic carbocycles. The Hall–Kier alpha value is -1.94. The molecule has 0 fully saturated rings. The molecule has 0 radical (unpaired) electrons. The number of aryl methyl sites for hydroxylation is 2. The van der Waals surface area contributed by atoms with Crippen LogP contribution in [0, 0.1) is 13.8 Å². The van der Waals surface area contributed by atoms with Crippen LogP contribution < -0.4 is 0 Å². The summed E-state index contributed by atoms with van der Waals surface area (Å²) in [6.45, 7) is 6.80. The molecule has 4 heteroatoms. The number of hydrogen-bond acceptors (Lipinski definition) is 4. The van der Waals surface area contributed by atoms with Gasteiger partial charge >= 0.3 is 0 Å². The summed E-state index contributed by atoms with van der Waals surface area (Å²) < 4.78 is 0. The highest BCUT2D eigenvalue weighted by Crippen LogP contribution is 2.18. The first-order chi connectivity index (χ1) is 9.95. The van der Waals surface area contributed by atoms with Crippen LogP contribution >= 0.6 is 0 Å². The second-order valence-corrected chi connectivity index (χ2v) is 5.71. The van der Waals surface area contributed by atoms with E-state index in [0.29, 0.717) is 12.6 Å². The van der Waals surface area contributed by atoms with Crippen LogP contribution in [-0.4, -0.2) is 33.1 Å². The van der Waals surface area contributed by atoms with Crippen molar-refractivity contribution >= 4 is 0 Å². The first kappa shape index (κ1) is 15.4. The summed E-state index contributed by atoms with van der Waals surface area (Å²) in [4.78, 5) is 11.0. The van der Waals surface area contributed by atoms with Crippen LogP contribution in [-0.2, 0) is 13.0 Å². The zero-order valence-corrected chi connectivity index (χ0v) is 13.2. The van der Waals surface area contributed by atoms with E-state index in [4.69, 9.17) is 0 Å². The zero-order chi connectivity index (χ0) is 15.4. The molecule has 0 aliphatic heterocycles. The normalized spacial score (nSPS) is 12.6. The average molecular weight is 285 g/mol. The molecule has 0 aliphatic carbocycles. The van der Waals surface area contributed by atoms with Crippen LogP contribution in [0.2, 0.25) is 0 Å². The van der Waals surface area contributed by atoms with Crippen molar-refractivity contribution in [2.45, 2.75) is 39.8 Å². The predicted molar refractivity (Wildman–Crippen MR) is 84.2 cm³/mol. The first-order valence-electron chi connectivity index (χ1n) is 7.23. The molecule has 0 spiro atoms. The highest BCUT2D eigenvalue weighted by atomic mass is 16.3. The third-order valence-corrected chi connectivity index (χ3v) is 3.72. The fraction of sp³-hybridized carbons (Fsp3) is 0.412. The number of nitrogens with zero attached hydrogens (tertiary/aromatic N) is 3. The van der Waals surface area contributed by atoms with Gasteiger partial charge in [0, 0.05) is 36.6 Å². The van der Waals surface area contributed by atoms with E-state index in [-0.39, 0.29) is 5.75 Å². The van der Waals surface area contributed by atoms with Gasteiger partial charge in [0.25, 0.3) is 0 Å². The van der Waals surface area contributed by atoms with Crippen molar-refractivity contribution < 1.29 is 5.11 Å². The molecule has 2 heterocycles. The summed E-state index contributed by atoms with van der Waals surface area (Å²) in [6.07, 6.45) is 2.73. The summed E-state index contributed by atoms with van der Waals surface area (Å²) >= 11 is 0. The van der Waals surface area contributed by atoms with Gasteiger partial charge in [-0.25, -0.2) is 0 Å². The Morgan fingerprint density at radius 2 is 2.00 bits per heavy atom. The minimum atomic E-state index is 0.258. The Balaban J connectivity index is 2.02. The molecule has 4 nitrogen and oxygen atoms in total. The lowest BCUT2D eigenvalue weighted by molar-refractivity contribution is 0.240. The topological polar surface area (TPSA) is 49.2 Å². The van der Waals surface area contributed by atoms with Gasteiger partial charge in [-0.1, -0.05) is 0 Å². The largest absolute Gasteiger partial charge is 0.506 e. The van der Waals surface area contributed by atoms with Crippen molar-refractivity contribution in [3.05, 3.63) is 53.1 Å². The van der Waals surface area contributed by atoms with Gasteiger partial charge in [-0.05, 0) is 57.6 Å². The average Bonchev–Trinajstić information content (AvgIpc) is 2.43. The molecule has 0 amide bonds.